The second-order valence-electron chi connectivity index (χ2n) is 3.31. The van der Waals surface area contributed by atoms with Gasteiger partial charge in [-0.15, -0.1) is 0 Å². The van der Waals surface area contributed by atoms with Gasteiger partial charge in [-0.3, -0.25) is 0 Å². The SMILES string of the molecule is C=C(CCC)c1ccc(OCC)cc1. The first-order chi connectivity index (χ1) is 6.77. The Morgan fingerprint density at radius 2 is 1.86 bits per heavy atom. The van der Waals surface area contributed by atoms with Crippen LogP contribution in [0.1, 0.15) is 32.3 Å². The van der Waals surface area contributed by atoms with Crippen molar-refractivity contribution in [3.8, 4) is 5.75 Å². The summed E-state index contributed by atoms with van der Waals surface area (Å²) in [6.07, 6.45) is 2.21. The zero-order chi connectivity index (χ0) is 10.4. The summed E-state index contributed by atoms with van der Waals surface area (Å²) >= 11 is 0. The molecular formula is C13H18O. The van der Waals surface area contributed by atoms with Gasteiger partial charge in [-0.05, 0) is 36.6 Å². The van der Waals surface area contributed by atoms with Gasteiger partial charge in [0, 0.05) is 0 Å². The molecule has 0 aliphatic carbocycles. The van der Waals surface area contributed by atoms with E-state index in [1.54, 1.807) is 0 Å². The summed E-state index contributed by atoms with van der Waals surface area (Å²) in [4.78, 5) is 0. The molecule has 0 aliphatic rings. The summed E-state index contributed by atoms with van der Waals surface area (Å²) in [5.74, 6) is 0.931. The fourth-order valence-corrected chi connectivity index (χ4v) is 1.40. The van der Waals surface area contributed by atoms with Crippen LogP contribution < -0.4 is 4.74 Å². The van der Waals surface area contributed by atoms with Crippen LogP contribution in [-0.2, 0) is 0 Å². The van der Waals surface area contributed by atoms with Gasteiger partial charge in [0.25, 0.3) is 0 Å². The van der Waals surface area contributed by atoms with Crippen molar-refractivity contribution in [2.24, 2.45) is 0 Å². The van der Waals surface area contributed by atoms with E-state index in [1.807, 2.05) is 19.1 Å². The molecule has 0 spiro atoms. The molecule has 1 aromatic carbocycles. The summed E-state index contributed by atoms with van der Waals surface area (Å²) in [6, 6.07) is 8.14. The summed E-state index contributed by atoms with van der Waals surface area (Å²) < 4.78 is 5.37. The molecule has 0 aromatic heterocycles. The summed E-state index contributed by atoms with van der Waals surface area (Å²) in [7, 11) is 0. The van der Waals surface area contributed by atoms with Crippen LogP contribution in [-0.4, -0.2) is 6.61 Å². The van der Waals surface area contributed by atoms with E-state index in [0.717, 1.165) is 25.2 Å². The lowest BCUT2D eigenvalue weighted by Crippen LogP contribution is -1.91. The van der Waals surface area contributed by atoms with Crippen molar-refractivity contribution in [3.05, 3.63) is 36.4 Å². The summed E-state index contributed by atoms with van der Waals surface area (Å²) in [5.41, 5.74) is 2.42. The lowest BCUT2D eigenvalue weighted by Gasteiger charge is -2.06. The zero-order valence-electron chi connectivity index (χ0n) is 9.05. The number of benzene rings is 1. The fraction of sp³-hybridized carbons (Fsp3) is 0.385. The molecule has 0 heterocycles. The van der Waals surface area contributed by atoms with E-state index in [1.165, 1.54) is 11.1 Å². The predicted octanol–water partition coefficient (Wildman–Crippen LogP) is 3.90. The van der Waals surface area contributed by atoms with E-state index in [4.69, 9.17) is 4.74 Å². The lowest BCUT2D eigenvalue weighted by atomic mass is 10.0. The number of hydrogen-bond donors (Lipinski definition) is 0. The fourth-order valence-electron chi connectivity index (χ4n) is 1.40. The Bertz CT molecular complexity index is 285. The summed E-state index contributed by atoms with van der Waals surface area (Å²) in [6.45, 7) is 8.92. The van der Waals surface area contributed by atoms with Gasteiger partial charge in [-0.1, -0.05) is 32.1 Å². The Morgan fingerprint density at radius 1 is 1.21 bits per heavy atom. The first kappa shape index (κ1) is 10.8. The Morgan fingerprint density at radius 3 is 2.36 bits per heavy atom. The largest absolute Gasteiger partial charge is 0.494 e. The molecule has 0 N–H and O–H groups in total. The van der Waals surface area contributed by atoms with E-state index >= 15 is 0 Å². The van der Waals surface area contributed by atoms with E-state index in [2.05, 4.69) is 25.6 Å². The van der Waals surface area contributed by atoms with Crippen LogP contribution in [0.15, 0.2) is 30.8 Å². The Kier molecular flexibility index (Phi) is 4.24. The van der Waals surface area contributed by atoms with E-state index in [9.17, 15) is 0 Å². The molecule has 0 amide bonds. The van der Waals surface area contributed by atoms with Crippen molar-refractivity contribution >= 4 is 5.57 Å². The smallest absolute Gasteiger partial charge is 0.119 e. The normalized spacial score (nSPS) is 9.86. The van der Waals surface area contributed by atoms with Crippen molar-refractivity contribution in [3.63, 3.8) is 0 Å². The van der Waals surface area contributed by atoms with E-state index < -0.39 is 0 Å². The molecule has 1 nitrogen and oxygen atoms in total. The van der Waals surface area contributed by atoms with Gasteiger partial charge in [0.2, 0.25) is 0 Å². The Hall–Kier alpha value is -1.24. The van der Waals surface area contributed by atoms with Gasteiger partial charge < -0.3 is 4.74 Å². The molecule has 76 valence electrons. The molecular weight excluding hydrogens is 172 g/mol. The minimum absolute atomic E-state index is 0.718. The molecule has 0 saturated heterocycles. The zero-order valence-corrected chi connectivity index (χ0v) is 9.05. The van der Waals surface area contributed by atoms with Crippen LogP contribution >= 0.6 is 0 Å². The second kappa shape index (κ2) is 5.48. The van der Waals surface area contributed by atoms with Crippen molar-refractivity contribution in [2.45, 2.75) is 26.7 Å². The van der Waals surface area contributed by atoms with Gasteiger partial charge >= 0.3 is 0 Å². The average Bonchev–Trinajstić information content (AvgIpc) is 2.20. The lowest BCUT2D eigenvalue weighted by molar-refractivity contribution is 0.340. The number of allylic oxidation sites excluding steroid dienone is 1. The number of hydrogen-bond acceptors (Lipinski definition) is 1. The van der Waals surface area contributed by atoms with Gasteiger partial charge in [0.1, 0.15) is 5.75 Å². The van der Waals surface area contributed by atoms with E-state index in [0.29, 0.717) is 0 Å². The molecule has 0 bridgehead atoms. The maximum Gasteiger partial charge on any atom is 0.119 e. The highest BCUT2D eigenvalue weighted by atomic mass is 16.5. The standard InChI is InChI=1S/C13H18O/c1-4-6-11(3)12-7-9-13(10-8-12)14-5-2/h7-10H,3-6H2,1-2H3. The van der Waals surface area contributed by atoms with Crippen LogP contribution in [0.5, 0.6) is 5.75 Å². The molecule has 0 unspecified atom stereocenters. The van der Waals surface area contributed by atoms with Crippen molar-refractivity contribution in [2.75, 3.05) is 6.61 Å². The highest BCUT2D eigenvalue weighted by Crippen LogP contribution is 2.20. The molecule has 0 radical (unpaired) electrons. The maximum absolute atomic E-state index is 5.37. The van der Waals surface area contributed by atoms with Crippen molar-refractivity contribution in [1.29, 1.82) is 0 Å². The second-order valence-corrected chi connectivity index (χ2v) is 3.31. The van der Waals surface area contributed by atoms with Crippen molar-refractivity contribution in [1.82, 2.24) is 0 Å². The summed E-state index contributed by atoms with van der Waals surface area (Å²) in [5, 5.41) is 0. The van der Waals surface area contributed by atoms with Gasteiger partial charge in [0.15, 0.2) is 0 Å². The molecule has 0 aliphatic heterocycles. The topological polar surface area (TPSA) is 9.23 Å². The third kappa shape index (κ3) is 2.91. The Labute approximate surface area is 86.4 Å². The first-order valence-corrected chi connectivity index (χ1v) is 5.19. The molecule has 1 aromatic rings. The molecule has 14 heavy (non-hydrogen) atoms. The van der Waals surface area contributed by atoms with Crippen LogP contribution in [0.25, 0.3) is 5.57 Å². The molecule has 0 atom stereocenters. The minimum atomic E-state index is 0.718. The Balaban J connectivity index is 2.67. The predicted molar refractivity (Wildman–Crippen MR) is 61.6 cm³/mol. The first-order valence-electron chi connectivity index (χ1n) is 5.19. The van der Waals surface area contributed by atoms with E-state index in [-0.39, 0.29) is 0 Å². The highest BCUT2D eigenvalue weighted by Gasteiger charge is 1.98. The van der Waals surface area contributed by atoms with Gasteiger partial charge in [-0.25, -0.2) is 0 Å². The average molecular weight is 190 g/mol. The molecule has 0 saturated carbocycles. The van der Waals surface area contributed by atoms with Crippen molar-refractivity contribution < 1.29 is 4.74 Å². The van der Waals surface area contributed by atoms with Crippen LogP contribution in [0.3, 0.4) is 0 Å². The third-order valence-corrected chi connectivity index (χ3v) is 2.13. The van der Waals surface area contributed by atoms with Gasteiger partial charge in [-0.2, -0.15) is 0 Å². The maximum atomic E-state index is 5.37. The number of rotatable bonds is 5. The monoisotopic (exact) mass is 190 g/mol. The van der Waals surface area contributed by atoms with Crippen LogP contribution in [0, 0.1) is 0 Å². The third-order valence-electron chi connectivity index (χ3n) is 2.13. The quantitative estimate of drug-likeness (QED) is 0.684. The number of ether oxygens (including phenoxy) is 1. The molecule has 0 fully saturated rings. The minimum Gasteiger partial charge on any atom is -0.494 e. The molecule has 1 rings (SSSR count). The van der Waals surface area contributed by atoms with Crippen LogP contribution in [0.4, 0.5) is 0 Å². The van der Waals surface area contributed by atoms with Crippen LogP contribution in [0.2, 0.25) is 0 Å². The van der Waals surface area contributed by atoms with Gasteiger partial charge in [0.05, 0.1) is 6.61 Å². The molecule has 1 heteroatoms. The highest BCUT2D eigenvalue weighted by molar-refractivity contribution is 5.63.